The van der Waals surface area contributed by atoms with Crippen LogP contribution in [0.15, 0.2) is 34.8 Å². The Hall–Kier alpha value is -2.08. The molecule has 1 heterocycles. The van der Waals surface area contributed by atoms with E-state index in [-0.39, 0.29) is 12.2 Å². The Bertz CT molecular complexity index is 889. The minimum Gasteiger partial charge on any atom is -0.444 e. The number of fused-ring (bicyclic) bond motifs is 1. The van der Waals surface area contributed by atoms with Gasteiger partial charge >= 0.3 is 6.09 Å². The van der Waals surface area contributed by atoms with Gasteiger partial charge in [0.15, 0.2) is 5.78 Å². The van der Waals surface area contributed by atoms with Gasteiger partial charge in [0, 0.05) is 28.5 Å². The molecule has 144 valence electrons. The van der Waals surface area contributed by atoms with Crippen molar-refractivity contribution in [3.63, 3.8) is 0 Å². The second kappa shape index (κ2) is 7.50. The number of nitrogens with two attached hydrogens (primary N) is 1. The number of anilines is 1. The lowest BCUT2D eigenvalue weighted by Crippen LogP contribution is -2.43. The molecule has 1 aliphatic rings. The Morgan fingerprint density at radius 3 is 2.70 bits per heavy atom. The highest BCUT2D eigenvalue weighted by atomic mass is 79.9. The van der Waals surface area contributed by atoms with Gasteiger partial charge in [0.25, 0.3) is 0 Å². The van der Waals surface area contributed by atoms with Crippen molar-refractivity contribution in [2.45, 2.75) is 51.7 Å². The van der Waals surface area contributed by atoms with Gasteiger partial charge in [-0.05, 0) is 56.7 Å². The summed E-state index contributed by atoms with van der Waals surface area (Å²) in [6.45, 7) is 6.02. The average Bonchev–Trinajstić information content (AvgIpc) is 3.06. The van der Waals surface area contributed by atoms with Crippen molar-refractivity contribution < 1.29 is 14.3 Å². The number of amides is 1. The number of halogens is 1. The Kier molecular flexibility index (Phi) is 5.47. The number of Topliss-reactive ketones (excluding diaryl/α,β-unsaturated/α-hetero) is 1. The number of likely N-dealkylation sites (tertiary alicyclic amines) is 1. The summed E-state index contributed by atoms with van der Waals surface area (Å²) in [5.41, 5.74) is 7.16. The first-order chi connectivity index (χ1) is 12.7. The monoisotopic (exact) mass is 432 g/mol. The van der Waals surface area contributed by atoms with Gasteiger partial charge in [0.2, 0.25) is 0 Å². The molecule has 0 aromatic heterocycles. The van der Waals surface area contributed by atoms with Crippen LogP contribution in [0.5, 0.6) is 0 Å². The summed E-state index contributed by atoms with van der Waals surface area (Å²) >= 11 is 3.46. The van der Waals surface area contributed by atoms with Crippen molar-refractivity contribution in [1.82, 2.24) is 4.90 Å². The fourth-order valence-electron chi connectivity index (χ4n) is 3.47. The van der Waals surface area contributed by atoms with Gasteiger partial charge in [-0.1, -0.05) is 34.1 Å². The zero-order chi connectivity index (χ0) is 19.8. The highest BCUT2D eigenvalue weighted by Gasteiger charge is 2.36. The second-order valence-electron chi connectivity index (χ2n) is 7.98. The van der Waals surface area contributed by atoms with Crippen LogP contribution in [0.25, 0.3) is 10.8 Å². The molecule has 6 heteroatoms. The summed E-state index contributed by atoms with van der Waals surface area (Å²) in [5, 5.41) is 1.95. The van der Waals surface area contributed by atoms with Crippen LogP contribution < -0.4 is 5.73 Å². The lowest BCUT2D eigenvalue weighted by atomic mass is 9.97. The first-order valence-electron chi connectivity index (χ1n) is 9.14. The van der Waals surface area contributed by atoms with Gasteiger partial charge in [-0.15, -0.1) is 0 Å². The summed E-state index contributed by atoms with van der Waals surface area (Å²) in [4.78, 5) is 26.9. The van der Waals surface area contributed by atoms with Crippen LogP contribution in [0.1, 0.15) is 39.2 Å². The van der Waals surface area contributed by atoms with Crippen molar-refractivity contribution in [3.8, 4) is 0 Å². The Labute approximate surface area is 168 Å². The zero-order valence-corrected chi connectivity index (χ0v) is 17.5. The lowest BCUT2D eigenvalue weighted by molar-refractivity contribution is -0.122. The second-order valence-corrected chi connectivity index (χ2v) is 8.89. The smallest absolute Gasteiger partial charge is 0.410 e. The molecule has 1 fully saturated rings. The number of ketones is 1. The van der Waals surface area contributed by atoms with E-state index in [9.17, 15) is 9.59 Å². The van der Waals surface area contributed by atoms with E-state index in [1.165, 1.54) is 0 Å². The molecule has 1 aliphatic heterocycles. The van der Waals surface area contributed by atoms with Crippen LogP contribution in [0.3, 0.4) is 0 Å². The number of rotatable bonds is 3. The quantitative estimate of drug-likeness (QED) is 0.713. The highest BCUT2D eigenvalue weighted by molar-refractivity contribution is 9.10. The summed E-state index contributed by atoms with van der Waals surface area (Å²) in [5.74, 6) is 0.00141. The van der Waals surface area contributed by atoms with Crippen molar-refractivity contribution >= 4 is 44.3 Å². The largest absolute Gasteiger partial charge is 0.444 e. The van der Waals surface area contributed by atoms with E-state index >= 15 is 0 Å². The van der Waals surface area contributed by atoms with Gasteiger partial charge in [0.05, 0.1) is 6.04 Å². The van der Waals surface area contributed by atoms with Gasteiger partial charge in [-0.3, -0.25) is 9.69 Å². The molecule has 0 unspecified atom stereocenters. The van der Waals surface area contributed by atoms with E-state index in [4.69, 9.17) is 10.5 Å². The minimum atomic E-state index is -0.579. The molecule has 2 aromatic carbocycles. The molecule has 3 rings (SSSR count). The molecule has 0 saturated carbocycles. The van der Waals surface area contributed by atoms with E-state index in [0.717, 1.165) is 27.2 Å². The molecule has 0 spiro atoms. The van der Waals surface area contributed by atoms with Crippen LogP contribution in [0.2, 0.25) is 0 Å². The SMILES string of the molecule is CC(C)(C)OC(=O)N1CCC[C@H]1C(=O)Cc1ccc2cc(Br)ccc2c1N. The third kappa shape index (κ3) is 4.43. The Balaban J connectivity index is 1.78. The van der Waals surface area contributed by atoms with Crippen LogP contribution in [-0.4, -0.2) is 35.0 Å². The van der Waals surface area contributed by atoms with Crippen molar-refractivity contribution in [2.75, 3.05) is 12.3 Å². The maximum absolute atomic E-state index is 12.9. The Morgan fingerprint density at radius 2 is 2.00 bits per heavy atom. The molecule has 1 atom stereocenters. The molecule has 5 nitrogen and oxygen atoms in total. The maximum Gasteiger partial charge on any atom is 0.410 e. The van der Waals surface area contributed by atoms with Crippen LogP contribution in [-0.2, 0) is 16.0 Å². The number of hydrogen-bond acceptors (Lipinski definition) is 4. The third-order valence-corrected chi connectivity index (χ3v) is 5.22. The molecule has 0 radical (unpaired) electrons. The first kappa shape index (κ1) is 19.7. The topological polar surface area (TPSA) is 72.6 Å². The highest BCUT2D eigenvalue weighted by Crippen LogP contribution is 2.29. The molecule has 2 N–H and O–H groups in total. The molecular formula is C21H25BrN2O3. The predicted octanol–water partition coefficient (Wildman–Crippen LogP) is 4.70. The van der Waals surface area contributed by atoms with Crippen molar-refractivity contribution in [1.29, 1.82) is 0 Å². The van der Waals surface area contributed by atoms with Crippen LogP contribution in [0, 0.1) is 0 Å². The zero-order valence-electron chi connectivity index (χ0n) is 15.9. The summed E-state index contributed by atoms with van der Waals surface area (Å²) in [6, 6.07) is 9.31. The molecule has 27 heavy (non-hydrogen) atoms. The first-order valence-corrected chi connectivity index (χ1v) is 9.94. The van der Waals surface area contributed by atoms with Crippen molar-refractivity contribution in [2.24, 2.45) is 0 Å². The summed E-state index contributed by atoms with van der Waals surface area (Å²) in [7, 11) is 0. The molecule has 0 bridgehead atoms. The number of carbonyl (C=O) groups excluding carboxylic acids is 2. The fraction of sp³-hybridized carbons (Fsp3) is 0.429. The van der Waals surface area contributed by atoms with E-state index in [2.05, 4.69) is 15.9 Å². The summed E-state index contributed by atoms with van der Waals surface area (Å²) in [6.07, 6.45) is 1.26. The van der Waals surface area contributed by atoms with Gasteiger partial charge < -0.3 is 10.5 Å². The van der Waals surface area contributed by atoms with Crippen LogP contribution >= 0.6 is 15.9 Å². The average molecular weight is 433 g/mol. The lowest BCUT2D eigenvalue weighted by Gasteiger charge is -2.28. The van der Waals surface area contributed by atoms with E-state index in [1.807, 2.05) is 51.1 Å². The number of nitrogens with zero attached hydrogens (tertiary/aromatic N) is 1. The number of nitrogen functional groups attached to an aromatic ring is 1. The maximum atomic E-state index is 12.9. The number of benzene rings is 2. The number of ether oxygens (including phenoxy) is 1. The standard InChI is InChI=1S/C21H25BrN2O3/c1-21(2,3)27-20(26)24-10-4-5-17(24)18(25)12-14-7-6-13-11-15(22)8-9-16(13)19(14)23/h6-9,11,17H,4-5,10,12,23H2,1-3H3/t17-/m0/s1. The molecule has 2 aromatic rings. The van der Waals surface area contributed by atoms with Gasteiger partial charge in [-0.2, -0.15) is 0 Å². The van der Waals surface area contributed by atoms with Crippen LogP contribution in [0.4, 0.5) is 10.5 Å². The molecule has 0 aliphatic carbocycles. The minimum absolute atomic E-state index is 0.00141. The Morgan fingerprint density at radius 1 is 1.26 bits per heavy atom. The number of hydrogen-bond donors (Lipinski definition) is 1. The molecule has 1 amide bonds. The molecule has 1 saturated heterocycles. The van der Waals surface area contributed by atoms with Gasteiger partial charge in [-0.25, -0.2) is 4.79 Å². The third-order valence-electron chi connectivity index (χ3n) is 4.73. The fourth-order valence-corrected chi connectivity index (χ4v) is 3.85. The van der Waals surface area contributed by atoms with E-state index in [1.54, 1.807) is 4.90 Å². The van der Waals surface area contributed by atoms with E-state index < -0.39 is 17.7 Å². The van der Waals surface area contributed by atoms with Crippen molar-refractivity contribution in [3.05, 3.63) is 40.4 Å². The normalized spacial score (nSPS) is 17.3. The number of carbonyl (C=O) groups is 2. The van der Waals surface area contributed by atoms with E-state index in [0.29, 0.717) is 18.7 Å². The summed E-state index contributed by atoms with van der Waals surface area (Å²) < 4.78 is 6.43. The van der Waals surface area contributed by atoms with Gasteiger partial charge in [0.1, 0.15) is 5.60 Å². The molecular weight excluding hydrogens is 408 g/mol. The predicted molar refractivity (Wildman–Crippen MR) is 111 cm³/mol.